The van der Waals surface area contributed by atoms with Gasteiger partial charge < -0.3 is 4.90 Å². The van der Waals surface area contributed by atoms with Gasteiger partial charge in [-0.05, 0) is 42.6 Å². The molecule has 4 heteroatoms. The summed E-state index contributed by atoms with van der Waals surface area (Å²) in [7, 11) is 0. The van der Waals surface area contributed by atoms with Crippen molar-refractivity contribution in [2.24, 2.45) is 10.8 Å². The molecule has 2 bridgehead atoms. The lowest BCUT2D eigenvalue weighted by atomic mass is 9.65. The van der Waals surface area contributed by atoms with E-state index in [1.807, 2.05) is 13.0 Å². The molecule has 2 unspecified atom stereocenters. The van der Waals surface area contributed by atoms with Crippen molar-refractivity contribution >= 4 is 17.2 Å². The fourth-order valence-corrected chi connectivity index (χ4v) is 6.38. The van der Waals surface area contributed by atoms with Crippen LogP contribution < -0.4 is 0 Å². The van der Waals surface area contributed by atoms with E-state index in [-0.39, 0.29) is 11.3 Å². The highest BCUT2D eigenvalue weighted by molar-refractivity contribution is 7.13. The molecule has 1 saturated heterocycles. The molecule has 1 aliphatic heterocycles. The van der Waals surface area contributed by atoms with Gasteiger partial charge in [0.15, 0.2) is 0 Å². The van der Waals surface area contributed by atoms with E-state index in [1.165, 1.54) is 12.0 Å². The smallest absolute Gasteiger partial charge is 0.266 e. The number of likely N-dealkylation sites (tertiary alicyclic amines) is 1. The van der Waals surface area contributed by atoms with E-state index in [1.54, 1.807) is 11.3 Å². The van der Waals surface area contributed by atoms with Crippen LogP contribution in [-0.4, -0.2) is 28.4 Å². The minimum Gasteiger partial charge on any atom is -0.334 e. The summed E-state index contributed by atoms with van der Waals surface area (Å²) >= 11 is 1.58. The molecule has 4 rings (SSSR count). The van der Waals surface area contributed by atoms with Crippen molar-refractivity contribution in [3.63, 3.8) is 0 Å². The summed E-state index contributed by atoms with van der Waals surface area (Å²) in [6, 6.07) is 10.7. The number of benzene rings is 1. The second kappa shape index (κ2) is 6.19. The topological polar surface area (TPSA) is 33.2 Å². The van der Waals surface area contributed by atoms with Gasteiger partial charge in [-0.25, -0.2) is 4.98 Å². The van der Waals surface area contributed by atoms with Crippen molar-refractivity contribution in [2.75, 3.05) is 6.54 Å². The third kappa shape index (κ3) is 3.32. The van der Waals surface area contributed by atoms with Gasteiger partial charge in [-0.15, -0.1) is 11.3 Å². The molecule has 2 heterocycles. The van der Waals surface area contributed by atoms with E-state index in [4.69, 9.17) is 4.98 Å². The Kier molecular flexibility index (Phi) is 4.22. The van der Waals surface area contributed by atoms with Crippen LogP contribution >= 0.6 is 11.3 Å². The minimum atomic E-state index is 0.200. The Balaban J connectivity index is 1.56. The van der Waals surface area contributed by atoms with E-state index in [0.717, 1.165) is 41.4 Å². The maximum absolute atomic E-state index is 13.3. The number of hydrogen-bond acceptors (Lipinski definition) is 3. The molecule has 1 aromatic carbocycles. The Labute approximate surface area is 160 Å². The Morgan fingerprint density at radius 3 is 2.69 bits per heavy atom. The Morgan fingerprint density at radius 2 is 1.96 bits per heavy atom. The molecule has 26 heavy (non-hydrogen) atoms. The monoisotopic (exact) mass is 368 g/mol. The standard InChI is InChI=1S/C22H28N2OS/c1-15-19(26-18(23-15)10-16-8-6-5-7-9-16)20(25)24-14-22(4)12-17(24)11-21(2,3)13-22/h5-9,17H,10-14H2,1-4H3. The van der Waals surface area contributed by atoms with Crippen LogP contribution in [0.4, 0.5) is 0 Å². The number of rotatable bonds is 3. The highest BCUT2D eigenvalue weighted by atomic mass is 32.1. The fourth-order valence-electron chi connectivity index (χ4n) is 5.32. The SMILES string of the molecule is Cc1nc(Cc2ccccc2)sc1C(=O)N1CC2(C)CC1CC(C)(C)C2. The fraction of sp³-hybridized carbons (Fsp3) is 0.545. The molecule has 2 atom stereocenters. The highest BCUT2D eigenvalue weighted by Gasteiger charge is 2.51. The number of carbonyl (C=O) groups is 1. The van der Waals surface area contributed by atoms with E-state index < -0.39 is 0 Å². The molecule has 1 saturated carbocycles. The van der Waals surface area contributed by atoms with Crippen LogP contribution in [0.25, 0.3) is 0 Å². The first-order chi connectivity index (χ1) is 12.2. The Bertz CT molecular complexity index is 826. The first-order valence-corrected chi connectivity index (χ1v) is 10.4. The molecule has 0 N–H and O–H groups in total. The lowest BCUT2D eigenvalue weighted by Crippen LogP contribution is -2.37. The zero-order chi connectivity index (χ0) is 18.5. The second-order valence-corrected chi connectivity index (χ2v) is 10.4. The third-order valence-electron chi connectivity index (χ3n) is 5.91. The number of aryl methyl sites for hydroxylation is 1. The van der Waals surface area contributed by atoms with Gasteiger partial charge in [-0.3, -0.25) is 4.79 Å². The lowest BCUT2D eigenvalue weighted by molar-refractivity contribution is 0.0712. The van der Waals surface area contributed by atoms with Crippen LogP contribution in [0.5, 0.6) is 0 Å². The summed E-state index contributed by atoms with van der Waals surface area (Å²) in [4.78, 5) is 21.0. The number of carbonyl (C=O) groups excluding carboxylic acids is 1. The third-order valence-corrected chi connectivity index (χ3v) is 7.05. The van der Waals surface area contributed by atoms with Crippen LogP contribution in [0.1, 0.15) is 66.0 Å². The van der Waals surface area contributed by atoms with Gasteiger partial charge in [0.25, 0.3) is 5.91 Å². The maximum atomic E-state index is 13.3. The molecule has 0 spiro atoms. The molecule has 0 radical (unpaired) electrons. The van der Waals surface area contributed by atoms with E-state index >= 15 is 0 Å². The predicted molar refractivity (Wildman–Crippen MR) is 107 cm³/mol. The van der Waals surface area contributed by atoms with Crippen LogP contribution in [0.15, 0.2) is 30.3 Å². The molecule has 1 aromatic heterocycles. The first-order valence-electron chi connectivity index (χ1n) is 9.56. The Hall–Kier alpha value is -1.68. The number of nitrogens with zero attached hydrogens (tertiary/aromatic N) is 2. The molecule has 2 aromatic rings. The van der Waals surface area contributed by atoms with Crippen molar-refractivity contribution in [1.82, 2.24) is 9.88 Å². The van der Waals surface area contributed by atoms with Crippen molar-refractivity contribution in [3.05, 3.63) is 51.5 Å². The Morgan fingerprint density at radius 1 is 1.23 bits per heavy atom. The quantitative estimate of drug-likeness (QED) is 0.756. The molecule has 2 aliphatic rings. The van der Waals surface area contributed by atoms with Crippen molar-refractivity contribution in [2.45, 2.75) is 59.4 Å². The van der Waals surface area contributed by atoms with Crippen LogP contribution in [0.3, 0.4) is 0 Å². The second-order valence-electron chi connectivity index (χ2n) is 9.33. The summed E-state index contributed by atoms with van der Waals surface area (Å²) in [5.41, 5.74) is 2.73. The average Bonchev–Trinajstić information content (AvgIpc) is 3.03. The zero-order valence-corrected chi connectivity index (χ0v) is 17.0. The van der Waals surface area contributed by atoms with E-state index in [9.17, 15) is 4.79 Å². The molecule has 3 nitrogen and oxygen atoms in total. The molecule has 1 aliphatic carbocycles. The van der Waals surface area contributed by atoms with Crippen molar-refractivity contribution < 1.29 is 4.79 Å². The van der Waals surface area contributed by atoms with Crippen LogP contribution in [-0.2, 0) is 6.42 Å². The summed E-state index contributed by atoms with van der Waals surface area (Å²) in [6.45, 7) is 9.93. The van der Waals surface area contributed by atoms with Gasteiger partial charge in [0.1, 0.15) is 4.88 Å². The lowest BCUT2D eigenvalue weighted by Gasteiger charge is -2.39. The van der Waals surface area contributed by atoms with Gasteiger partial charge in [0.2, 0.25) is 0 Å². The summed E-state index contributed by atoms with van der Waals surface area (Å²) < 4.78 is 0. The molecule has 1 amide bonds. The molecule has 138 valence electrons. The largest absolute Gasteiger partial charge is 0.334 e. The average molecular weight is 369 g/mol. The van der Waals surface area contributed by atoms with E-state index in [0.29, 0.717) is 11.5 Å². The first kappa shape index (κ1) is 17.7. The number of fused-ring (bicyclic) bond motifs is 2. The van der Waals surface area contributed by atoms with E-state index in [2.05, 4.69) is 49.9 Å². The van der Waals surface area contributed by atoms with Gasteiger partial charge in [0.05, 0.1) is 10.7 Å². The maximum Gasteiger partial charge on any atom is 0.266 e. The molecular weight excluding hydrogens is 340 g/mol. The van der Waals surface area contributed by atoms with Crippen molar-refractivity contribution in [3.8, 4) is 0 Å². The van der Waals surface area contributed by atoms with Gasteiger partial charge >= 0.3 is 0 Å². The summed E-state index contributed by atoms with van der Waals surface area (Å²) in [6.07, 6.45) is 4.27. The normalized spacial score (nSPS) is 26.9. The number of amides is 1. The summed E-state index contributed by atoms with van der Waals surface area (Å²) in [5.74, 6) is 0.200. The van der Waals surface area contributed by atoms with Gasteiger partial charge in [-0.2, -0.15) is 0 Å². The highest BCUT2D eigenvalue weighted by Crippen LogP contribution is 2.52. The van der Waals surface area contributed by atoms with Crippen LogP contribution in [0, 0.1) is 17.8 Å². The van der Waals surface area contributed by atoms with Gasteiger partial charge in [-0.1, -0.05) is 51.1 Å². The van der Waals surface area contributed by atoms with Crippen LogP contribution in [0.2, 0.25) is 0 Å². The molecule has 2 fully saturated rings. The number of hydrogen-bond donors (Lipinski definition) is 0. The summed E-state index contributed by atoms with van der Waals surface area (Å²) in [5, 5.41) is 1.03. The molecular formula is C22H28N2OS. The zero-order valence-electron chi connectivity index (χ0n) is 16.2. The minimum absolute atomic E-state index is 0.200. The van der Waals surface area contributed by atoms with Gasteiger partial charge in [0, 0.05) is 19.0 Å². The number of aromatic nitrogens is 1. The number of thiazole rings is 1. The van der Waals surface area contributed by atoms with Crippen molar-refractivity contribution in [1.29, 1.82) is 0 Å². The predicted octanol–water partition coefficient (Wildman–Crippen LogP) is 5.08.